The maximum absolute atomic E-state index is 15.1. The van der Waals surface area contributed by atoms with Gasteiger partial charge in [-0.05, 0) is 122 Å². The van der Waals surface area contributed by atoms with Gasteiger partial charge in [-0.1, -0.05) is 92.2 Å². The first-order chi connectivity index (χ1) is 46.2. The number of carbonyl (C=O) groups excluding carboxylic acids is 12. The number of likely N-dealkylation sites (tertiary alicyclic amines) is 1. The van der Waals surface area contributed by atoms with Crippen molar-refractivity contribution in [2.45, 2.75) is 172 Å². The average molecular weight is 1370 g/mol. The molecule has 6 rings (SSSR count). The highest BCUT2D eigenvalue weighted by atomic mass is 35.5. The zero-order valence-electron chi connectivity index (χ0n) is 54.8. The van der Waals surface area contributed by atoms with Gasteiger partial charge in [0.25, 0.3) is 0 Å². The van der Waals surface area contributed by atoms with E-state index in [0.717, 1.165) is 10.8 Å². The van der Waals surface area contributed by atoms with Crippen molar-refractivity contribution >= 4 is 99.2 Å². The standard InChI is InChI=1S/C67H90ClN15O14/c1-37(2)31-50(61(92)77-49(14-9-29-73-67(70)71)66(97)83-30-10-15-55(83)65(96)74-38(3)57(69)88)78-63(94)53(35-42-16-21-43-11-5-6-12-44(43)32-42)80-62(93)52(34-41-19-24-46(86)25-20-41)81-64(95)54(36-84)82-59(90)47-13-7-8-28-72-58(89)51(33-40-17-22-45(68)23-18-40)79-60(91)48(75-39(4)85)26-27-56(87)76-47/h5-6,11-12,16-25,32,37-38,47-55,84,86H,7-10,13-15,26-31,33-36H2,1-4H3,(H2,69,88)(H,72,89)(H,74,96)(H,75,85)(H,76,87)(H,77,92)(H,78,94)(H,79,91)(H,80,93)(H,81,95)(H,82,90)(H4,70,71,73)/t38-,47-,48+,49+,50-,51-,52+,53-,54+,55+/m1/s1. The third-order valence-corrected chi connectivity index (χ3v) is 16.7. The average Bonchev–Trinajstić information content (AvgIpc) is 1.80. The molecule has 10 atom stereocenters. The highest BCUT2D eigenvalue weighted by Gasteiger charge is 2.40. The fraction of sp³-hybridized carbons (Fsp3) is 0.478. The van der Waals surface area contributed by atoms with E-state index in [1.807, 2.05) is 36.4 Å². The van der Waals surface area contributed by atoms with Crippen LogP contribution in [0, 0.1) is 5.92 Å². The number of guanidine groups is 1. The summed E-state index contributed by atoms with van der Waals surface area (Å²) in [5.74, 6) is -9.81. The molecule has 0 saturated carbocycles. The van der Waals surface area contributed by atoms with Crippen LogP contribution in [-0.2, 0) is 76.8 Å². The third kappa shape index (κ3) is 24.4. The normalized spacial score (nSPS) is 18.8. The third-order valence-electron chi connectivity index (χ3n) is 16.4. The van der Waals surface area contributed by atoms with Crippen LogP contribution in [0.1, 0.15) is 109 Å². The first kappa shape index (κ1) is 76.1. The molecule has 0 spiro atoms. The monoisotopic (exact) mass is 1360 g/mol. The van der Waals surface area contributed by atoms with Gasteiger partial charge < -0.3 is 85.5 Å². The van der Waals surface area contributed by atoms with E-state index in [9.17, 15) is 58.2 Å². The summed E-state index contributed by atoms with van der Waals surface area (Å²) in [6.07, 6.45) is 0.268. The topological polar surface area (TPSA) is 459 Å². The molecule has 2 aliphatic rings. The number of nitrogens with zero attached hydrogens (tertiary/aromatic N) is 2. The van der Waals surface area contributed by atoms with Crippen molar-refractivity contribution in [3.05, 3.63) is 113 Å². The molecule has 524 valence electrons. The Morgan fingerprint density at radius 3 is 1.91 bits per heavy atom. The molecule has 2 heterocycles. The number of primary amides is 1. The van der Waals surface area contributed by atoms with Crippen LogP contribution in [0.3, 0.4) is 0 Å². The number of hydrogen-bond acceptors (Lipinski definition) is 15. The van der Waals surface area contributed by atoms with E-state index in [1.165, 1.54) is 43.0 Å². The summed E-state index contributed by atoms with van der Waals surface area (Å²) < 4.78 is 0. The Labute approximate surface area is 567 Å². The lowest BCUT2D eigenvalue weighted by Crippen LogP contribution is -2.61. The SMILES string of the molecule is CC(=O)N[C@H]1CCC(=O)N[C@@H](C(=O)N[C@@H](CO)C(=O)N[C@@H](Cc2ccc(O)cc2)C(=O)N[C@H](Cc2ccc3ccccc3c2)C(=O)N[C@H](CC(C)C)C(=O)N[C@@H](CCCN=C(N)N)C(=O)N2CCC[C@H]2C(=O)N[C@H](C)C(N)=O)CCCCNC(=O)[C@@H](Cc2ccc(Cl)cc2)NC1=O. The van der Waals surface area contributed by atoms with Crippen LogP contribution in [-0.4, -0.2) is 179 Å². The summed E-state index contributed by atoms with van der Waals surface area (Å²) in [6, 6.07) is 11.9. The predicted octanol–water partition coefficient (Wildman–Crippen LogP) is -0.722. The zero-order chi connectivity index (χ0) is 70.9. The molecule has 30 heteroatoms. The number of hydrogen-bond donors (Lipinski definition) is 15. The lowest BCUT2D eigenvalue weighted by atomic mass is 9.98. The number of aliphatic imine (C=N–C) groups is 1. The summed E-state index contributed by atoms with van der Waals surface area (Å²) in [5.41, 5.74) is 18.2. The molecule has 4 aromatic carbocycles. The Bertz CT molecular complexity index is 3480. The number of aliphatic hydroxyl groups is 1. The van der Waals surface area contributed by atoms with Crippen LogP contribution in [0.25, 0.3) is 10.8 Å². The fourth-order valence-corrected chi connectivity index (χ4v) is 11.4. The molecule has 0 aromatic heterocycles. The van der Waals surface area contributed by atoms with Crippen molar-refractivity contribution in [3.63, 3.8) is 0 Å². The molecule has 97 heavy (non-hydrogen) atoms. The quantitative estimate of drug-likeness (QED) is 0.0190. The van der Waals surface area contributed by atoms with Crippen LogP contribution in [0.5, 0.6) is 5.75 Å². The minimum Gasteiger partial charge on any atom is -0.508 e. The number of aromatic hydroxyl groups is 1. The van der Waals surface area contributed by atoms with E-state index >= 15 is 9.59 Å². The number of fused-ring (bicyclic) bond motifs is 1. The van der Waals surface area contributed by atoms with Gasteiger partial charge in [-0.2, -0.15) is 0 Å². The second-order valence-electron chi connectivity index (χ2n) is 24.7. The lowest BCUT2D eigenvalue weighted by molar-refractivity contribution is -0.142. The number of halogens is 1. The van der Waals surface area contributed by atoms with Crippen LogP contribution < -0.4 is 70.4 Å². The summed E-state index contributed by atoms with van der Waals surface area (Å²) in [7, 11) is 0. The largest absolute Gasteiger partial charge is 0.508 e. The van der Waals surface area contributed by atoms with Gasteiger partial charge >= 0.3 is 0 Å². The molecular formula is C67H90ClN15O14. The maximum Gasteiger partial charge on any atom is 0.245 e. The molecule has 12 amide bonds. The van der Waals surface area contributed by atoms with E-state index < -0.39 is 144 Å². The summed E-state index contributed by atoms with van der Waals surface area (Å²) in [6.45, 7) is 5.44. The highest BCUT2D eigenvalue weighted by Crippen LogP contribution is 2.22. The molecule has 0 unspecified atom stereocenters. The minimum absolute atomic E-state index is 0.0139. The number of carbonyl (C=O) groups is 12. The van der Waals surface area contributed by atoms with Gasteiger partial charge in [-0.15, -0.1) is 0 Å². The Hall–Kier alpha value is -9.90. The van der Waals surface area contributed by atoms with Gasteiger partial charge in [0, 0.05) is 57.3 Å². The van der Waals surface area contributed by atoms with Gasteiger partial charge in [0.15, 0.2) is 5.96 Å². The molecule has 2 saturated heterocycles. The molecule has 0 aliphatic carbocycles. The van der Waals surface area contributed by atoms with Gasteiger partial charge in [0.1, 0.15) is 66.2 Å². The van der Waals surface area contributed by atoms with Crippen molar-refractivity contribution < 1.29 is 67.7 Å². The van der Waals surface area contributed by atoms with Gasteiger partial charge in [-0.3, -0.25) is 62.5 Å². The number of amides is 12. The van der Waals surface area contributed by atoms with E-state index in [2.05, 4.69) is 58.2 Å². The Morgan fingerprint density at radius 1 is 0.660 bits per heavy atom. The molecule has 0 radical (unpaired) electrons. The Kier molecular flexibility index (Phi) is 29.4. The number of phenols is 1. The molecule has 0 bridgehead atoms. The summed E-state index contributed by atoms with van der Waals surface area (Å²) in [5, 5.41) is 49.7. The molecule has 18 N–H and O–H groups in total. The molecule has 4 aromatic rings. The Balaban J connectivity index is 1.25. The summed E-state index contributed by atoms with van der Waals surface area (Å²) >= 11 is 6.08. The first-order valence-electron chi connectivity index (χ1n) is 32.4. The molecule has 2 aliphatic heterocycles. The Morgan fingerprint density at radius 2 is 1.27 bits per heavy atom. The van der Waals surface area contributed by atoms with Crippen LogP contribution in [0.4, 0.5) is 0 Å². The predicted molar refractivity (Wildman–Crippen MR) is 360 cm³/mol. The van der Waals surface area contributed by atoms with Crippen LogP contribution in [0.15, 0.2) is 96.0 Å². The van der Waals surface area contributed by atoms with Crippen molar-refractivity contribution in [1.29, 1.82) is 0 Å². The molecular weight excluding hydrogens is 1270 g/mol. The van der Waals surface area contributed by atoms with Gasteiger partial charge in [0.05, 0.1) is 6.61 Å². The minimum atomic E-state index is -1.77. The fourth-order valence-electron chi connectivity index (χ4n) is 11.3. The molecule has 29 nitrogen and oxygen atoms in total. The first-order valence-corrected chi connectivity index (χ1v) is 32.8. The number of aliphatic hydroxyl groups excluding tert-OH is 1. The van der Waals surface area contributed by atoms with Crippen molar-refractivity contribution in [2.75, 3.05) is 26.2 Å². The number of nitrogens with two attached hydrogens (primary N) is 3. The molecule has 2 fully saturated rings. The maximum atomic E-state index is 15.1. The van der Waals surface area contributed by atoms with Crippen molar-refractivity contribution in [1.82, 2.24) is 58.1 Å². The number of phenolic OH excluding ortho intramolecular Hbond substituents is 1. The number of nitrogens with one attached hydrogen (secondary N) is 10. The van der Waals surface area contributed by atoms with Crippen LogP contribution in [0.2, 0.25) is 5.02 Å². The van der Waals surface area contributed by atoms with Gasteiger partial charge in [0.2, 0.25) is 70.9 Å². The van der Waals surface area contributed by atoms with Crippen molar-refractivity contribution in [2.24, 2.45) is 28.1 Å². The second-order valence-corrected chi connectivity index (χ2v) is 25.2. The number of rotatable bonds is 28. The van der Waals surface area contributed by atoms with Gasteiger partial charge in [-0.25, -0.2) is 0 Å². The van der Waals surface area contributed by atoms with E-state index in [0.29, 0.717) is 28.1 Å². The van der Waals surface area contributed by atoms with E-state index in [4.69, 9.17) is 28.8 Å². The van der Waals surface area contributed by atoms with E-state index in [1.54, 1.807) is 44.2 Å². The second kappa shape index (κ2) is 37.4. The van der Waals surface area contributed by atoms with Crippen molar-refractivity contribution in [3.8, 4) is 5.75 Å². The zero-order valence-corrected chi connectivity index (χ0v) is 55.6. The highest BCUT2D eigenvalue weighted by molar-refractivity contribution is 6.30. The number of benzene rings is 4. The summed E-state index contributed by atoms with van der Waals surface area (Å²) in [4.78, 5) is 172. The van der Waals surface area contributed by atoms with E-state index in [-0.39, 0.29) is 108 Å². The van der Waals surface area contributed by atoms with Crippen LogP contribution >= 0.6 is 11.6 Å². The smallest absolute Gasteiger partial charge is 0.245 e. The lowest BCUT2D eigenvalue weighted by Gasteiger charge is -2.31.